The van der Waals surface area contributed by atoms with Crippen molar-refractivity contribution in [3.63, 3.8) is 0 Å². The van der Waals surface area contributed by atoms with Gasteiger partial charge >= 0.3 is 0 Å². The van der Waals surface area contributed by atoms with Crippen LogP contribution >= 0.6 is 11.5 Å². The Morgan fingerprint density at radius 1 is 1.50 bits per heavy atom. The minimum atomic E-state index is 0.0714. The SMILES string of the molecule is CCCNC(C)c1nnc(-c2cnns2)o1. The van der Waals surface area contributed by atoms with Crippen molar-refractivity contribution in [3.8, 4) is 10.8 Å². The molecule has 7 heteroatoms. The Hall–Kier alpha value is -1.34. The van der Waals surface area contributed by atoms with Crippen LogP contribution in [0.1, 0.15) is 32.2 Å². The van der Waals surface area contributed by atoms with Crippen LogP contribution in [-0.4, -0.2) is 26.3 Å². The number of nitrogens with zero attached hydrogens (tertiary/aromatic N) is 4. The summed E-state index contributed by atoms with van der Waals surface area (Å²) in [5, 5.41) is 15.0. The highest BCUT2D eigenvalue weighted by atomic mass is 32.1. The first kappa shape index (κ1) is 11.2. The molecule has 0 aliphatic carbocycles. The molecular formula is C9H13N5OS. The molecule has 0 amide bonds. The fraction of sp³-hybridized carbons (Fsp3) is 0.556. The Morgan fingerprint density at radius 3 is 3.06 bits per heavy atom. The molecule has 1 unspecified atom stereocenters. The molecule has 0 bridgehead atoms. The summed E-state index contributed by atoms with van der Waals surface area (Å²) in [5.74, 6) is 1.08. The summed E-state index contributed by atoms with van der Waals surface area (Å²) in [6.45, 7) is 5.04. The normalized spacial score (nSPS) is 12.9. The van der Waals surface area contributed by atoms with Gasteiger partial charge in [0.15, 0.2) is 0 Å². The minimum Gasteiger partial charge on any atom is -0.418 e. The predicted octanol–water partition coefficient (Wildman–Crippen LogP) is 1.65. The maximum absolute atomic E-state index is 5.53. The van der Waals surface area contributed by atoms with Gasteiger partial charge in [0, 0.05) is 0 Å². The molecular weight excluding hydrogens is 226 g/mol. The molecule has 0 spiro atoms. The van der Waals surface area contributed by atoms with Crippen LogP contribution in [0.4, 0.5) is 0 Å². The summed E-state index contributed by atoms with van der Waals surface area (Å²) < 4.78 is 9.28. The Morgan fingerprint density at radius 2 is 2.38 bits per heavy atom. The van der Waals surface area contributed by atoms with E-state index in [4.69, 9.17) is 4.42 Å². The summed E-state index contributed by atoms with van der Waals surface area (Å²) >= 11 is 1.24. The van der Waals surface area contributed by atoms with E-state index in [2.05, 4.69) is 32.0 Å². The van der Waals surface area contributed by atoms with E-state index in [1.165, 1.54) is 11.5 Å². The van der Waals surface area contributed by atoms with E-state index >= 15 is 0 Å². The average molecular weight is 239 g/mol. The van der Waals surface area contributed by atoms with Crippen LogP contribution in [0.5, 0.6) is 0 Å². The largest absolute Gasteiger partial charge is 0.418 e. The van der Waals surface area contributed by atoms with E-state index in [1.54, 1.807) is 6.20 Å². The molecule has 0 saturated carbocycles. The van der Waals surface area contributed by atoms with Crippen molar-refractivity contribution < 1.29 is 4.42 Å². The molecule has 2 aromatic heterocycles. The molecule has 0 radical (unpaired) electrons. The Bertz CT molecular complexity index is 427. The third-order valence-electron chi connectivity index (χ3n) is 2.08. The Labute approximate surface area is 97.3 Å². The fourth-order valence-electron chi connectivity index (χ4n) is 1.22. The Kier molecular flexibility index (Phi) is 3.58. The van der Waals surface area contributed by atoms with Gasteiger partial charge in [0.2, 0.25) is 5.89 Å². The average Bonchev–Trinajstić information content (AvgIpc) is 2.94. The second kappa shape index (κ2) is 5.13. The minimum absolute atomic E-state index is 0.0714. The van der Waals surface area contributed by atoms with Gasteiger partial charge in [-0.15, -0.1) is 15.3 Å². The monoisotopic (exact) mass is 239 g/mol. The molecule has 0 saturated heterocycles. The molecule has 0 aromatic carbocycles. The van der Waals surface area contributed by atoms with Gasteiger partial charge in [0.1, 0.15) is 4.88 Å². The number of rotatable bonds is 5. The topological polar surface area (TPSA) is 76.7 Å². The summed E-state index contributed by atoms with van der Waals surface area (Å²) in [6, 6.07) is 0.0714. The smallest absolute Gasteiger partial charge is 0.261 e. The van der Waals surface area contributed by atoms with Gasteiger partial charge in [-0.1, -0.05) is 11.4 Å². The highest BCUT2D eigenvalue weighted by molar-refractivity contribution is 7.09. The second-order valence-corrected chi connectivity index (χ2v) is 4.19. The van der Waals surface area contributed by atoms with Crippen LogP contribution in [-0.2, 0) is 0 Å². The molecule has 0 fully saturated rings. The van der Waals surface area contributed by atoms with Gasteiger partial charge in [-0.25, -0.2) is 0 Å². The number of nitrogens with one attached hydrogen (secondary N) is 1. The van der Waals surface area contributed by atoms with E-state index < -0.39 is 0 Å². The van der Waals surface area contributed by atoms with Crippen LogP contribution in [0.25, 0.3) is 10.8 Å². The molecule has 0 aliphatic rings. The van der Waals surface area contributed by atoms with Gasteiger partial charge in [-0.3, -0.25) is 0 Å². The molecule has 1 N–H and O–H groups in total. The van der Waals surface area contributed by atoms with Crippen molar-refractivity contribution in [1.82, 2.24) is 25.1 Å². The van der Waals surface area contributed by atoms with E-state index in [1.807, 2.05) is 6.92 Å². The molecule has 6 nitrogen and oxygen atoms in total. The highest BCUT2D eigenvalue weighted by Crippen LogP contribution is 2.21. The number of hydrogen-bond donors (Lipinski definition) is 1. The number of hydrogen-bond acceptors (Lipinski definition) is 7. The van der Waals surface area contributed by atoms with Gasteiger partial charge in [-0.05, 0) is 31.4 Å². The van der Waals surface area contributed by atoms with Crippen LogP contribution in [0.15, 0.2) is 10.6 Å². The van der Waals surface area contributed by atoms with Crippen molar-refractivity contribution in [2.75, 3.05) is 6.54 Å². The van der Waals surface area contributed by atoms with E-state index in [0.29, 0.717) is 11.8 Å². The lowest BCUT2D eigenvalue weighted by molar-refractivity contribution is 0.423. The lowest BCUT2D eigenvalue weighted by Gasteiger charge is -2.07. The number of aromatic nitrogens is 4. The van der Waals surface area contributed by atoms with Gasteiger partial charge in [0.25, 0.3) is 5.89 Å². The molecule has 2 heterocycles. The zero-order valence-electron chi connectivity index (χ0n) is 9.17. The van der Waals surface area contributed by atoms with Crippen LogP contribution in [0, 0.1) is 0 Å². The summed E-state index contributed by atoms with van der Waals surface area (Å²) in [7, 11) is 0. The van der Waals surface area contributed by atoms with Crippen molar-refractivity contribution in [2.24, 2.45) is 0 Å². The van der Waals surface area contributed by atoms with Gasteiger partial charge < -0.3 is 9.73 Å². The molecule has 16 heavy (non-hydrogen) atoms. The highest BCUT2D eigenvalue weighted by Gasteiger charge is 2.15. The third-order valence-corrected chi connectivity index (χ3v) is 2.74. The van der Waals surface area contributed by atoms with Crippen molar-refractivity contribution in [2.45, 2.75) is 26.3 Å². The molecule has 2 rings (SSSR count). The first-order chi connectivity index (χ1) is 7.81. The van der Waals surface area contributed by atoms with E-state index in [0.717, 1.165) is 17.8 Å². The van der Waals surface area contributed by atoms with Gasteiger partial charge in [0.05, 0.1) is 12.2 Å². The first-order valence-corrected chi connectivity index (χ1v) is 5.93. The molecule has 86 valence electrons. The second-order valence-electron chi connectivity index (χ2n) is 3.40. The van der Waals surface area contributed by atoms with E-state index in [-0.39, 0.29) is 6.04 Å². The van der Waals surface area contributed by atoms with Crippen LogP contribution in [0.2, 0.25) is 0 Å². The molecule has 1 atom stereocenters. The fourth-order valence-corrected chi connectivity index (χ4v) is 1.66. The maximum Gasteiger partial charge on any atom is 0.261 e. The lowest BCUT2D eigenvalue weighted by atomic mass is 10.3. The zero-order chi connectivity index (χ0) is 11.4. The van der Waals surface area contributed by atoms with Crippen molar-refractivity contribution in [1.29, 1.82) is 0 Å². The third kappa shape index (κ3) is 2.42. The molecule has 0 aliphatic heterocycles. The van der Waals surface area contributed by atoms with Crippen LogP contribution in [0.3, 0.4) is 0 Å². The predicted molar refractivity (Wildman–Crippen MR) is 59.9 cm³/mol. The summed E-state index contributed by atoms with van der Waals surface area (Å²) in [5.41, 5.74) is 0. The quantitative estimate of drug-likeness (QED) is 0.854. The summed E-state index contributed by atoms with van der Waals surface area (Å²) in [4.78, 5) is 0.793. The molecule has 2 aromatic rings. The first-order valence-electron chi connectivity index (χ1n) is 5.15. The Balaban J connectivity index is 2.07. The zero-order valence-corrected chi connectivity index (χ0v) is 9.99. The van der Waals surface area contributed by atoms with Crippen LogP contribution < -0.4 is 5.32 Å². The standard InChI is InChI=1S/C9H13N5OS/c1-3-4-10-6(2)8-12-13-9(15-8)7-5-11-14-16-7/h5-6,10H,3-4H2,1-2H3. The lowest BCUT2D eigenvalue weighted by Crippen LogP contribution is -2.19. The van der Waals surface area contributed by atoms with Gasteiger partial charge in [-0.2, -0.15) is 0 Å². The van der Waals surface area contributed by atoms with E-state index in [9.17, 15) is 0 Å². The van der Waals surface area contributed by atoms with Crippen molar-refractivity contribution >= 4 is 11.5 Å². The summed E-state index contributed by atoms with van der Waals surface area (Å²) in [6.07, 6.45) is 2.69. The maximum atomic E-state index is 5.53. The van der Waals surface area contributed by atoms with Crippen molar-refractivity contribution in [3.05, 3.63) is 12.1 Å².